The molecule has 0 aromatic heterocycles. The minimum absolute atomic E-state index is 0.111. The number of nitrogens with one attached hydrogen (secondary N) is 1. The minimum Gasteiger partial charge on any atom is -0.345 e. The number of hydrogen-bond donors (Lipinski definition) is 1. The second-order valence-electron chi connectivity index (χ2n) is 4.22. The van der Waals surface area contributed by atoms with Crippen LogP contribution in [0.1, 0.15) is 28.9 Å². The number of carbonyl (C=O) groups is 1. The van der Waals surface area contributed by atoms with Crippen molar-refractivity contribution in [1.29, 1.82) is 0 Å². The van der Waals surface area contributed by atoms with E-state index in [2.05, 4.69) is 21.2 Å². The molecule has 98 valence electrons. The SMILES string of the molecule is CC(NC(=O)c1ccc(Br)cc1)c1ccccc1Cl. The summed E-state index contributed by atoms with van der Waals surface area (Å²) in [5, 5.41) is 3.59. The van der Waals surface area contributed by atoms with Gasteiger partial charge in [-0.1, -0.05) is 45.7 Å². The molecule has 0 aliphatic carbocycles. The van der Waals surface area contributed by atoms with Gasteiger partial charge in [0, 0.05) is 15.1 Å². The van der Waals surface area contributed by atoms with Crippen LogP contribution in [0.3, 0.4) is 0 Å². The number of hydrogen-bond acceptors (Lipinski definition) is 1. The maximum Gasteiger partial charge on any atom is 0.251 e. The molecule has 0 spiro atoms. The number of benzene rings is 2. The van der Waals surface area contributed by atoms with E-state index in [1.807, 2.05) is 43.3 Å². The Balaban J connectivity index is 2.11. The van der Waals surface area contributed by atoms with Crippen LogP contribution >= 0.6 is 27.5 Å². The van der Waals surface area contributed by atoms with E-state index in [0.29, 0.717) is 10.6 Å². The molecule has 0 saturated carbocycles. The highest BCUT2D eigenvalue weighted by atomic mass is 79.9. The Bertz CT molecular complexity index is 583. The van der Waals surface area contributed by atoms with Crippen molar-refractivity contribution in [3.63, 3.8) is 0 Å². The molecule has 2 aromatic carbocycles. The molecule has 1 amide bonds. The van der Waals surface area contributed by atoms with Crippen LogP contribution in [0.25, 0.3) is 0 Å². The summed E-state index contributed by atoms with van der Waals surface area (Å²) in [5.41, 5.74) is 1.54. The van der Waals surface area contributed by atoms with Crippen LogP contribution in [0.4, 0.5) is 0 Å². The monoisotopic (exact) mass is 337 g/mol. The van der Waals surface area contributed by atoms with Crippen molar-refractivity contribution in [2.24, 2.45) is 0 Å². The summed E-state index contributed by atoms with van der Waals surface area (Å²) in [6.45, 7) is 1.91. The fourth-order valence-electron chi connectivity index (χ4n) is 1.79. The Hall–Kier alpha value is -1.32. The zero-order chi connectivity index (χ0) is 13.8. The number of halogens is 2. The number of amides is 1. The molecule has 0 aliphatic rings. The first-order chi connectivity index (χ1) is 9.08. The van der Waals surface area contributed by atoms with E-state index in [1.54, 1.807) is 12.1 Å². The predicted molar refractivity (Wildman–Crippen MR) is 81.5 cm³/mol. The predicted octanol–water partition coefficient (Wildman–Crippen LogP) is 4.59. The molecular weight excluding hydrogens is 326 g/mol. The third kappa shape index (κ3) is 3.58. The lowest BCUT2D eigenvalue weighted by atomic mass is 10.1. The van der Waals surface area contributed by atoms with Gasteiger partial charge in [-0.15, -0.1) is 0 Å². The van der Waals surface area contributed by atoms with Gasteiger partial charge in [-0.2, -0.15) is 0 Å². The molecule has 2 nitrogen and oxygen atoms in total. The van der Waals surface area contributed by atoms with Crippen LogP contribution in [-0.2, 0) is 0 Å². The summed E-state index contributed by atoms with van der Waals surface area (Å²) in [6, 6.07) is 14.6. The maximum atomic E-state index is 12.1. The van der Waals surface area contributed by atoms with E-state index < -0.39 is 0 Å². The van der Waals surface area contributed by atoms with Gasteiger partial charge in [-0.3, -0.25) is 4.79 Å². The first kappa shape index (κ1) is 14.1. The van der Waals surface area contributed by atoms with Crippen LogP contribution in [0, 0.1) is 0 Å². The topological polar surface area (TPSA) is 29.1 Å². The van der Waals surface area contributed by atoms with Crippen molar-refractivity contribution >= 4 is 33.4 Å². The highest BCUT2D eigenvalue weighted by Gasteiger charge is 2.13. The molecule has 1 unspecified atom stereocenters. The van der Waals surface area contributed by atoms with E-state index in [0.717, 1.165) is 10.0 Å². The average molecular weight is 339 g/mol. The maximum absolute atomic E-state index is 12.1. The average Bonchev–Trinajstić information content (AvgIpc) is 2.39. The van der Waals surface area contributed by atoms with Crippen LogP contribution in [0.5, 0.6) is 0 Å². The van der Waals surface area contributed by atoms with Crippen molar-refractivity contribution in [3.05, 3.63) is 69.2 Å². The van der Waals surface area contributed by atoms with Crippen molar-refractivity contribution in [2.45, 2.75) is 13.0 Å². The van der Waals surface area contributed by atoms with E-state index in [9.17, 15) is 4.79 Å². The fourth-order valence-corrected chi connectivity index (χ4v) is 2.35. The summed E-state index contributed by atoms with van der Waals surface area (Å²) >= 11 is 9.45. The quantitative estimate of drug-likeness (QED) is 0.871. The highest BCUT2D eigenvalue weighted by molar-refractivity contribution is 9.10. The molecule has 0 saturated heterocycles. The molecule has 0 bridgehead atoms. The summed E-state index contributed by atoms with van der Waals surface area (Å²) in [5.74, 6) is -0.111. The molecule has 19 heavy (non-hydrogen) atoms. The van der Waals surface area contributed by atoms with Crippen molar-refractivity contribution in [3.8, 4) is 0 Å². The van der Waals surface area contributed by atoms with E-state index in [-0.39, 0.29) is 11.9 Å². The molecule has 1 N–H and O–H groups in total. The minimum atomic E-state index is -0.134. The first-order valence-corrected chi connectivity index (χ1v) is 7.06. The Kier molecular flexibility index (Phi) is 4.61. The Morgan fingerprint density at radius 1 is 1.16 bits per heavy atom. The van der Waals surface area contributed by atoms with Gasteiger partial charge in [0.1, 0.15) is 0 Å². The van der Waals surface area contributed by atoms with Crippen LogP contribution in [-0.4, -0.2) is 5.91 Å². The number of rotatable bonds is 3. The second kappa shape index (κ2) is 6.22. The Morgan fingerprint density at radius 3 is 2.42 bits per heavy atom. The zero-order valence-electron chi connectivity index (χ0n) is 10.4. The molecule has 4 heteroatoms. The lowest BCUT2D eigenvalue weighted by Crippen LogP contribution is -2.26. The Labute approximate surface area is 125 Å². The fraction of sp³-hybridized carbons (Fsp3) is 0.133. The van der Waals surface area contributed by atoms with Gasteiger partial charge >= 0.3 is 0 Å². The highest BCUT2D eigenvalue weighted by Crippen LogP contribution is 2.22. The molecule has 0 radical (unpaired) electrons. The smallest absolute Gasteiger partial charge is 0.251 e. The van der Waals surface area contributed by atoms with Gasteiger partial charge in [-0.25, -0.2) is 0 Å². The molecule has 1 atom stereocenters. The molecule has 0 aliphatic heterocycles. The lowest BCUT2D eigenvalue weighted by molar-refractivity contribution is 0.0940. The third-order valence-corrected chi connectivity index (χ3v) is 3.70. The van der Waals surface area contributed by atoms with Gasteiger partial charge in [0.25, 0.3) is 5.91 Å². The second-order valence-corrected chi connectivity index (χ2v) is 5.55. The molecule has 2 aromatic rings. The number of carbonyl (C=O) groups excluding carboxylic acids is 1. The van der Waals surface area contributed by atoms with Crippen molar-refractivity contribution in [2.75, 3.05) is 0 Å². The van der Waals surface area contributed by atoms with Gasteiger partial charge < -0.3 is 5.32 Å². The van der Waals surface area contributed by atoms with Gasteiger partial charge in [0.05, 0.1) is 6.04 Å². The third-order valence-electron chi connectivity index (χ3n) is 2.83. The summed E-state index contributed by atoms with van der Waals surface area (Å²) < 4.78 is 0.947. The van der Waals surface area contributed by atoms with Gasteiger partial charge in [0.15, 0.2) is 0 Å². The van der Waals surface area contributed by atoms with Crippen LogP contribution < -0.4 is 5.32 Å². The lowest BCUT2D eigenvalue weighted by Gasteiger charge is -2.15. The molecular formula is C15H13BrClNO. The largest absolute Gasteiger partial charge is 0.345 e. The van der Waals surface area contributed by atoms with Crippen molar-refractivity contribution in [1.82, 2.24) is 5.32 Å². The zero-order valence-corrected chi connectivity index (χ0v) is 12.7. The van der Waals surface area contributed by atoms with Crippen molar-refractivity contribution < 1.29 is 4.79 Å². The van der Waals surface area contributed by atoms with E-state index in [4.69, 9.17) is 11.6 Å². The molecule has 0 heterocycles. The van der Waals surface area contributed by atoms with Gasteiger partial charge in [-0.05, 0) is 42.8 Å². The Morgan fingerprint density at radius 2 is 1.79 bits per heavy atom. The normalized spacial score (nSPS) is 11.9. The van der Waals surface area contributed by atoms with Crippen LogP contribution in [0.2, 0.25) is 5.02 Å². The van der Waals surface area contributed by atoms with E-state index in [1.165, 1.54) is 0 Å². The summed E-state index contributed by atoms with van der Waals surface area (Å²) in [4.78, 5) is 12.1. The molecule has 2 rings (SSSR count). The summed E-state index contributed by atoms with van der Waals surface area (Å²) in [6.07, 6.45) is 0. The first-order valence-electron chi connectivity index (χ1n) is 5.89. The molecule has 0 fully saturated rings. The van der Waals surface area contributed by atoms with Gasteiger partial charge in [0.2, 0.25) is 0 Å². The van der Waals surface area contributed by atoms with Crippen LogP contribution in [0.15, 0.2) is 53.0 Å². The standard InChI is InChI=1S/C15H13BrClNO/c1-10(13-4-2-3-5-14(13)17)18-15(19)11-6-8-12(16)9-7-11/h2-10H,1H3,(H,18,19). The summed E-state index contributed by atoms with van der Waals surface area (Å²) in [7, 11) is 0. The van der Waals surface area contributed by atoms with E-state index >= 15 is 0 Å².